The predicted molar refractivity (Wildman–Crippen MR) is 96.6 cm³/mol. The fraction of sp³-hybridized carbons (Fsp3) is 0.353. The average Bonchev–Trinajstić information content (AvgIpc) is 2.95. The number of nitrogens with one attached hydrogen (secondary N) is 2. The number of benzene rings is 1. The number of thiocarbonyl (C=S) groups is 1. The van der Waals surface area contributed by atoms with Crippen molar-refractivity contribution in [3.8, 4) is 0 Å². The molecule has 1 aromatic carbocycles. The first kappa shape index (κ1) is 17.1. The highest BCUT2D eigenvalue weighted by Crippen LogP contribution is 2.12. The molecule has 0 atom stereocenters. The molecule has 0 spiro atoms. The summed E-state index contributed by atoms with van der Waals surface area (Å²) in [5.74, 6) is -0.00777. The second kappa shape index (κ2) is 8.43. The number of hydrogen-bond acceptors (Lipinski definition) is 3. The smallest absolute Gasteiger partial charge is 0.293 e. The molecule has 0 aliphatic carbocycles. The van der Waals surface area contributed by atoms with Crippen LogP contribution in [0.15, 0.2) is 36.7 Å². The molecule has 0 bridgehead atoms. The topological polar surface area (TPSA) is 58.9 Å². The van der Waals surface area contributed by atoms with Gasteiger partial charge >= 0.3 is 0 Å². The van der Waals surface area contributed by atoms with Crippen LogP contribution >= 0.6 is 12.2 Å². The fourth-order valence-corrected chi connectivity index (χ4v) is 2.45. The van der Waals surface area contributed by atoms with Gasteiger partial charge in [-0.2, -0.15) is 0 Å². The van der Waals surface area contributed by atoms with Crippen LogP contribution in [0.25, 0.3) is 0 Å². The molecule has 2 N–H and O–H groups in total. The Morgan fingerprint density at radius 1 is 1.26 bits per heavy atom. The molecule has 1 aromatic heterocycles. The van der Waals surface area contributed by atoms with Crippen molar-refractivity contribution in [3.63, 3.8) is 0 Å². The molecule has 5 nitrogen and oxygen atoms in total. The Balaban J connectivity index is 1.85. The molecular weight excluding hydrogens is 308 g/mol. The summed E-state index contributed by atoms with van der Waals surface area (Å²) >= 11 is 5.17. The van der Waals surface area contributed by atoms with E-state index in [1.54, 1.807) is 24.0 Å². The van der Waals surface area contributed by atoms with E-state index < -0.39 is 0 Å². The summed E-state index contributed by atoms with van der Waals surface area (Å²) in [7, 11) is 1.76. The second-order valence-corrected chi connectivity index (χ2v) is 5.83. The molecule has 1 amide bonds. The van der Waals surface area contributed by atoms with Crippen molar-refractivity contribution in [3.05, 3.63) is 48.0 Å². The van der Waals surface area contributed by atoms with E-state index in [4.69, 9.17) is 12.2 Å². The van der Waals surface area contributed by atoms with E-state index >= 15 is 0 Å². The summed E-state index contributed by atoms with van der Waals surface area (Å²) in [6.45, 7) is 2.20. The molecule has 0 fully saturated rings. The number of aryl methyl sites for hydroxylation is 2. The van der Waals surface area contributed by atoms with Gasteiger partial charge in [-0.15, -0.1) is 0 Å². The van der Waals surface area contributed by atoms with E-state index in [0.717, 1.165) is 12.1 Å². The molecule has 0 radical (unpaired) electrons. The van der Waals surface area contributed by atoms with Crippen molar-refractivity contribution in [2.45, 2.75) is 32.6 Å². The Bertz CT molecular complexity index is 663. The van der Waals surface area contributed by atoms with Crippen LogP contribution in [0.2, 0.25) is 0 Å². The first-order valence-electron chi connectivity index (χ1n) is 7.78. The number of aromatic nitrogens is 2. The van der Waals surface area contributed by atoms with Crippen molar-refractivity contribution in [1.82, 2.24) is 14.9 Å². The predicted octanol–water partition coefficient (Wildman–Crippen LogP) is 3.28. The van der Waals surface area contributed by atoms with Crippen LogP contribution < -0.4 is 10.6 Å². The van der Waals surface area contributed by atoms with E-state index in [0.29, 0.717) is 5.82 Å². The minimum absolute atomic E-state index is 0.261. The molecule has 6 heteroatoms. The van der Waals surface area contributed by atoms with Crippen molar-refractivity contribution < 1.29 is 4.79 Å². The minimum Gasteiger partial charge on any atom is -0.332 e. The first-order valence-corrected chi connectivity index (χ1v) is 8.19. The standard InChI is InChI=1S/C17H22N4OS/c1-3-4-5-6-13-7-9-14(10-8-13)19-17(23)20-16(22)15-18-11-12-21(15)2/h7-12H,3-6H2,1-2H3,(H2,19,20,22,23). The summed E-state index contributed by atoms with van der Waals surface area (Å²) < 4.78 is 1.64. The number of amides is 1. The first-order chi connectivity index (χ1) is 11.1. The number of anilines is 1. The van der Waals surface area contributed by atoms with Gasteiger partial charge in [0.15, 0.2) is 10.9 Å². The molecule has 0 saturated carbocycles. The van der Waals surface area contributed by atoms with Gasteiger partial charge in [0.05, 0.1) is 0 Å². The van der Waals surface area contributed by atoms with Crippen molar-refractivity contribution in [2.24, 2.45) is 7.05 Å². The van der Waals surface area contributed by atoms with Gasteiger partial charge in [-0.3, -0.25) is 10.1 Å². The summed E-state index contributed by atoms with van der Waals surface area (Å²) in [5, 5.41) is 5.90. The van der Waals surface area contributed by atoms with Crippen LogP contribution in [0.3, 0.4) is 0 Å². The Morgan fingerprint density at radius 2 is 2.00 bits per heavy atom. The molecule has 1 heterocycles. The van der Waals surface area contributed by atoms with Gasteiger partial charge in [-0.25, -0.2) is 4.98 Å². The van der Waals surface area contributed by atoms with Gasteiger partial charge in [-0.05, 0) is 42.8 Å². The summed E-state index contributed by atoms with van der Waals surface area (Å²) in [4.78, 5) is 16.0. The van der Waals surface area contributed by atoms with Gasteiger partial charge in [0, 0.05) is 25.1 Å². The zero-order valence-corrected chi connectivity index (χ0v) is 14.3. The van der Waals surface area contributed by atoms with Crippen LogP contribution in [-0.4, -0.2) is 20.6 Å². The quantitative estimate of drug-likeness (QED) is 0.630. The summed E-state index contributed by atoms with van der Waals surface area (Å²) in [5.41, 5.74) is 2.17. The number of rotatable bonds is 6. The highest BCUT2D eigenvalue weighted by atomic mass is 32.1. The normalized spacial score (nSPS) is 10.3. The monoisotopic (exact) mass is 330 g/mol. The molecule has 0 aliphatic rings. The largest absolute Gasteiger partial charge is 0.332 e. The van der Waals surface area contributed by atoms with Crippen LogP contribution in [-0.2, 0) is 13.5 Å². The molecular formula is C17H22N4OS. The van der Waals surface area contributed by atoms with Crippen molar-refractivity contribution in [1.29, 1.82) is 0 Å². The third-order valence-corrected chi connectivity index (χ3v) is 3.74. The van der Waals surface area contributed by atoms with E-state index in [1.165, 1.54) is 24.8 Å². The van der Waals surface area contributed by atoms with Crippen molar-refractivity contribution >= 4 is 28.9 Å². The molecule has 23 heavy (non-hydrogen) atoms. The van der Waals surface area contributed by atoms with Crippen molar-refractivity contribution in [2.75, 3.05) is 5.32 Å². The van der Waals surface area contributed by atoms with Crippen LogP contribution in [0, 0.1) is 0 Å². The van der Waals surface area contributed by atoms with Gasteiger partial charge in [0.2, 0.25) is 0 Å². The van der Waals surface area contributed by atoms with Crippen LogP contribution in [0.1, 0.15) is 42.4 Å². The second-order valence-electron chi connectivity index (χ2n) is 5.42. The molecule has 0 unspecified atom stereocenters. The van der Waals surface area contributed by atoms with Gasteiger partial charge in [0.1, 0.15) is 0 Å². The zero-order chi connectivity index (χ0) is 16.7. The maximum absolute atomic E-state index is 12.0. The third kappa shape index (κ3) is 5.17. The Kier molecular flexibility index (Phi) is 6.29. The van der Waals surface area contributed by atoms with Gasteiger partial charge in [0.25, 0.3) is 5.91 Å². The number of carbonyl (C=O) groups excluding carboxylic acids is 1. The fourth-order valence-electron chi connectivity index (χ4n) is 2.24. The number of nitrogens with zero attached hydrogens (tertiary/aromatic N) is 2. The van der Waals surface area contributed by atoms with E-state index in [2.05, 4.69) is 34.7 Å². The van der Waals surface area contributed by atoms with Crippen LogP contribution in [0.5, 0.6) is 0 Å². The lowest BCUT2D eigenvalue weighted by atomic mass is 10.1. The van der Waals surface area contributed by atoms with Crippen LogP contribution in [0.4, 0.5) is 5.69 Å². The lowest BCUT2D eigenvalue weighted by molar-refractivity contribution is 0.0964. The zero-order valence-electron chi connectivity index (χ0n) is 13.5. The maximum atomic E-state index is 12.0. The third-order valence-electron chi connectivity index (χ3n) is 3.53. The Morgan fingerprint density at radius 3 is 2.61 bits per heavy atom. The number of hydrogen-bond donors (Lipinski definition) is 2. The highest BCUT2D eigenvalue weighted by molar-refractivity contribution is 7.80. The molecule has 2 rings (SSSR count). The molecule has 0 saturated heterocycles. The Labute approximate surface area is 142 Å². The van der Waals surface area contributed by atoms with E-state index in [9.17, 15) is 4.79 Å². The minimum atomic E-state index is -0.328. The van der Waals surface area contributed by atoms with E-state index in [-0.39, 0.29) is 11.0 Å². The highest BCUT2D eigenvalue weighted by Gasteiger charge is 2.12. The summed E-state index contributed by atoms with van der Waals surface area (Å²) in [6.07, 6.45) is 8.06. The molecule has 2 aromatic rings. The van der Waals surface area contributed by atoms with Gasteiger partial charge in [-0.1, -0.05) is 31.9 Å². The SMILES string of the molecule is CCCCCc1ccc(NC(=S)NC(=O)c2nccn2C)cc1. The number of unbranched alkanes of at least 4 members (excludes halogenated alkanes) is 2. The average molecular weight is 330 g/mol. The lowest BCUT2D eigenvalue weighted by Gasteiger charge is -2.10. The molecule has 0 aliphatic heterocycles. The molecule has 122 valence electrons. The summed E-state index contributed by atoms with van der Waals surface area (Å²) in [6, 6.07) is 8.11. The van der Waals surface area contributed by atoms with Gasteiger partial charge < -0.3 is 9.88 Å². The number of carbonyl (C=O) groups is 1. The lowest BCUT2D eigenvalue weighted by Crippen LogP contribution is -2.35. The Hall–Kier alpha value is -2.21. The van der Waals surface area contributed by atoms with E-state index in [1.807, 2.05) is 12.1 Å². The maximum Gasteiger partial charge on any atom is 0.293 e. The number of imidazole rings is 1.